The molecule has 0 radical (unpaired) electrons. The van der Waals surface area contributed by atoms with Crippen LogP contribution < -0.4 is 14.8 Å². The van der Waals surface area contributed by atoms with Gasteiger partial charge in [0.25, 0.3) is 5.91 Å². The maximum Gasteiger partial charge on any atom is 0.251 e. The number of benzene rings is 2. The van der Waals surface area contributed by atoms with Gasteiger partial charge >= 0.3 is 0 Å². The van der Waals surface area contributed by atoms with Crippen molar-refractivity contribution in [1.29, 1.82) is 0 Å². The van der Waals surface area contributed by atoms with Gasteiger partial charge < -0.3 is 19.5 Å². The van der Waals surface area contributed by atoms with E-state index in [4.69, 9.17) is 14.2 Å². The fourth-order valence-corrected chi connectivity index (χ4v) is 2.52. The van der Waals surface area contributed by atoms with Gasteiger partial charge in [-0.1, -0.05) is 12.1 Å². The minimum atomic E-state index is -0.441. The fourth-order valence-electron chi connectivity index (χ4n) is 2.52. The molecule has 2 aromatic carbocycles. The van der Waals surface area contributed by atoms with Crippen LogP contribution in [0.4, 0.5) is 4.39 Å². The number of amides is 1. The van der Waals surface area contributed by atoms with E-state index in [-0.39, 0.29) is 18.3 Å². The lowest BCUT2D eigenvalue weighted by molar-refractivity contribution is 0.0826. The van der Waals surface area contributed by atoms with Gasteiger partial charge in [-0.05, 0) is 49.7 Å². The maximum absolute atomic E-state index is 13.4. The number of methoxy groups -OCH3 is 1. The van der Waals surface area contributed by atoms with Crippen LogP contribution in [0.15, 0.2) is 42.5 Å². The summed E-state index contributed by atoms with van der Waals surface area (Å²) in [5.74, 6) is 0.507. The third-order valence-corrected chi connectivity index (χ3v) is 3.76. The van der Waals surface area contributed by atoms with E-state index in [1.165, 1.54) is 19.2 Å². The highest BCUT2D eigenvalue weighted by Gasteiger charge is 2.15. The molecule has 26 heavy (non-hydrogen) atoms. The molecule has 1 N–H and O–H groups in total. The van der Waals surface area contributed by atoms with Gasteiger partial charge in [-0.25, -0.2) is 4.39 Å². The standard InChI is InChI=1S/C20H24FNO4/c1-4-25-17-10-9-15(12-18(17)26-5-2)20(23)22-13-19(24-3)14-7-6-8-16(21)11-14/h6-12,19H,4-5,13H2,1-3H3,(H,22,23). The minimum absolute atomic E-state index is 0.218. The molecule has 1 amide bonds. The number of halogens is 1. The summed E-state index contributed by atoms with van der Waals surface area (Å²) in [7, 11) is 1.52. The number of ether oxygens (including phenoxy) is 3. The first-order chi connectivity index (χ1) is 12.6. The Hall–Kier alpha value is -2.60. The lowest BCUT2D eigenvalue weighted by atomic mass is 10.1. The molecule has 0 aliphatic carbocycles. The highest BCUT2D eigenvalue weighted by molar-refractivity contribution is 5.94. The Kier molecular flexibility index (Phi) is 7.41. The lowest BCUT2D eigenvalue weighted by Gasteiger charge is -2.17. The van der Waals surface area contributed by atoms with Crippen molar-refractivity contribution in [3.8, 4) is 11.5 Å². The van der Waals surface area contributed by atoms with E-state index in [1.54, 1.807) is 30.3 Å². The van der Waals surface area contributed by atoms with E-state index in [2.05, 4.69) is 5.32 Å². The Balaban J connectivity index is 2.07. The zero-order valence-electron chi connectivity index (χ0n) is 15.3. The number of carbonyl (C=O) groups is 1. The predicted molar refractivity (Wildman–Crippen MR) is 97.3 cm³/mol. The Morgan fingerprint density at radius 3 is 2.46 bits per heavy atom. The highest BCUT2D eigenvalue weighted by Crippen LogP contribution is 2.28. The normalized spacial score (nSPS) is 11.7. The van der Waals surface area contributed by atoms with Crippen LogP contribution >= 0.6 is 0 Å². The molecule has 5 nitrogen and oxygen atoms in total. The van der Waals surface area contributed by atoms with Crippen LogP contribution in [0.2, 0.25) is 0 Å². The van der Waals surface area contributed by atoms with Crippen molar-refractivity contribution in [3.05, 3.63) is 59.4 Å². The molecule has 2 rings (SSSR count). The van der Waals surface area contributed by atoms with Crippen molar-refractivity contribution in [1.82, 2.24) is 5.32 Å². The summed E-state index contributed by atoms with van der Waals surface area (Å²) in [6, 6.07) is 11.2. The number of nitrogens with one attached hydrogen (secondary N) is 1. The topological polar surface area (TPSA) is 56.8 Å². The first-order valence-electron chi connectivity index (χ1n) is 8.55. The summed E-state index contributed by atoms with van der Waals surface area (Å²) in [6.45, 7) is 4.94. The molecule has 0 spiro atoms. The van der Waals surface area contributed by atoms with Crippen LogP contribution in [0, 0.1) is 5.82 Å². The van der Waals surface area contributed by atoms with Crippen LogP contribution in [0.5, 0.6) is 11.5 Å². The Morgan fingerprint density at radius 2 is 1.81 bits per heavy atom. The van der Waals surface area contributed by atoms with E-state index in [0.29, 0.717) is 35.8 Å². The second-order valence-corrected chi connectivity index (χ2v) is 5.52. The van der Waals surface area contributed by atoms with Gasteiger partial charge in [0.15, 0.2) is 11.5 Å². The lowest BCUT2D eigenvalue weighted by Crippen LogP contribution is -2.29. The van der Waals surface area contributed by atoms with Gasteiger partial charge in [-0.2, -0.15) is 0 Å². The summed E-state index contributed by atoms with van der Waals surface area (Å²) in [6.07, 6.45) is -0.441. The first-order valence-corrected chi connectivity index (χ1v) is 8.55. The Bertz CT molecular complexity index is 736. The summed E-state index contributed by atoms with van der Waals surface area (Å²) < 4.78 is 29.8. The van der Waals surface area contributed by atoms with Crippen molar-refractivity contribution in [2.75, 3.05) is 26.9 Å². The smallest absolute Gasteiger partial charge is 0.251 e. The molecule has 6 heteroatoms. The van der Waals surface area contributed by atoms with Crippen LogP contribution in [0.3, 0.4) is 0 Å². The van der Waals surface area contributed by atoms with Gasteiger partial charge in [0, 0.05) is 19.2 Å². The third-order valence-electron chi connectivity index (χ3n) is 3.76. The molecule has 2 aromatic rings. The summed E-state index contributed by atoms with van der Waals surface area (Å²) in [4.78, 5) is 12.5. The van der Waals surface area contributed by atoms with Gasteiger partial charge in [-0.15, -0.1) is 0 Å². The molecule has 140 valence electrons. The molecule has 0 heterocycles. The molecule has 0 saturated carbocycles. The molecule has 0 aliphatic rings. The van der Waals surface area contributed by atoms with Crippen molar-refractivity contribution in [2.45, 2.75) is 20.0 Å². The minimum Gasteiger partial charge on any atom is -0.490 e. The molecular weight excluding hydrogens is 337 g/mol. The predicted octanol–water partition coefficient (Wildman–Crippen LogP) is 3.74. The number of hydrogen-bond acceptors (Lipinski definition) is 4. The molecule has 0 fully saturated rings. The van der Waals surface area contributed by atoms with E-state index in [0.717, 1.165) is 0 Å². The molecule has 0 aliphatic heterocycles. The summed E-state index contributed by atoms with van der Waals surface area (Å²) in [5, 5.41) is 2.81. The van der Waals surface area contributed by atoms with Gasteiger partial charge in [0.2, 0.25) is 0 Å². The van der Waals surface area contributed by atoms with Gasteiger partial charge in [0.05, 0.1) is 19.3 Å². The number of carbonyl (C=O) groups excluding carboxylic acids is 1. The van der Waals surface area contributed by atoms with Crippen LogP contribution in [-0.4, -0.2) is 32.8 Å². The zero-order valence-corrected chi connectivity index (χ0v) is 15.3. The Morgan fingerprint density at radius 1 is 1.08 bits per heavy atom. The molecule has 0 bridgehead atoms. The second kappa shape index (κ2) is 9.77. The van der Waals surface area contributed by atoms with Crippen molar-refractivity contribution in [2.24, 2.45) is 0 Å². The summed E-state index contributed by atoms with van der Waals surface area (Å²) in [5.41, 5.74) is 1.11. The summed E-state index contributed by atoms with van der Waals surface area (Å²) >= 11 is 0. The SMILES string of the molecule is CCOc1ccc(C(=O)NCC(OC)c2cccc(F)c2)cc1OCC. The average Bonchev–Trinajstić information content (AvgIpc) is 2.64. The number of rotatable bonds is 9. The van der Waals surface area contributed by atoms with Crippen molar-refractivity contribution in [3.63, 3.8) is 0 Å². The van der Waals surface area contributed by atoms with Crippen molar-refractivity contribution < 1.29 is 23.4 Å². The molecule has 0 saturated heterocycles. The second-order valence-electron chi connectivity index (χ2n) is 5.52. The third kappa shape index (κ3) is 5.20. The quantitative estimate of drug-likeness (QED) is 0.739. The molecular formula is C20H24FNO4. The average molecular weight is 361 g/mol. The van der Waals surface area contributed by atoms with Crippen LogP contribution in [-0.2, 0) is 4.74 Å². The van der Waals surface area contributed by atoms with Crippen LogP contribution in [0.1, 0.15) is 35.9 Å². The van der Waals surface area contributed by atoms with E-state index >= 15 is 0 Å². The molecule has 1 unspecified atom stereocenters. The van der Waals surface area contributed by atoms with E-state index in [9.17, 15) is 9.18 Å². The van der Waals surface area contributed by atoms with Crippen molar-refractivity contribution >= 4 is 5.91 Å². The molecule has 0 aromatic heterocycles. The molecule has 1 atom stereocenters. The van der Waals surface area contributed by atoms with Gasteiger partial charge in [-0.3, -0.25) is 4.79 Å². The zero-order chi connectivity index (χ0) is 18.9. The maximum atomic E-state index is 13.4. The number of hydrogen-bond donors (Lipinski definition) is 1. The van der Waals surface area contributed by atoms with Crippen LogP contribution in [0.25, 0.3) is 0 Å². The largest absolute Gasteiger partial charge is 0.490 e. The van der Waals surface area contributed by atoms with E-state index in [1.807, 2.05) is 13.8 Å². The first kappa shape index (κ1) is 19.7. The monoisotopic (exact) mass is 361 g/mol. The Labute approximate surface area is 153 Å². The van der Waals surface area contributed by atoms with E-state index < -0.39 is 6.10 Å². The van der Waals surface area contributed by atoms with Gasteiger partial charge in [0.1, 0.15) is 5.82 Å². The highest BCUT2D eigenvalue weighted by atomic mass is 19.1. The fraction of sp³-hybridized carbons (Fsp3) is 0.350.